The van der Waals surface area contributed by atoms with E-state index in [1.54, 1.807) is 6.07 Å². The molecule has 0 radical (unpaired) electrons. The third kappa shape index (κ3) is 2.41. The molecule has 1 aliphatic rings. The topological polar surface area (TPSA) is 29.9 Å². The third-order valence-corrected chi connectivity index (χ3v) is 3.77. The van der Waals surface area contributed by atoms with E-state index < -0.39 is 0 Å². The van der Waals surface area contributed by atoms with Crippen LogP contribution >= 0.6 is 15.9 Å². The Kier molecular flexibility index (Phi) is 3.07. The van der Waals surface area contributed by atoms with Crippen molar-refractivity contribution in [3.05, 3.63) is 46.7 Å². The first-order valence-corrected chi connectivity index (χ1v) is 6.73. The molecule has 3 nitrogen and oxygen atoms in total. The zero-order valence-corrected chi connectivity index (χ0v) is 11.3. The SMILES string of the molecule is Fc1ccc(Br)c(NCc2cncn2C2CC2)c1. The second-order valence-electron chi connectivity index (χ2n) is 4.50. The predicted octanol–water partition coefficient (Wildman–Crippen LogP) is 3.73. The van der Waals surface area contributed by atoms with Gasteiger partial charge in [0.15, 0.2) is 0 Å². The lowest BCUT2D eigenvalue weighted by Gasteiger charge is -2.10. The van der Waals surface area contributed by atoms with Gasteiger partial charge in [0.25, 0.3) is 0 Å². The molecule has 1 aromatic carbocycles. The van der Waals surface area contributed by atoms with E-state index in [-0.39, 0.29) is 5.82 Å². The fourth-order valence-electron chi connectivity index (χ4n) is 1.97. The molecule has 0 aliphatic heterocycles. The highest BCUT2D eigenvalue weighted by molar-refractivity contribution is 9.10. The van der Waals surface area contributed by atoms with Crippen molar-refractivity contribution < 1.29 is 4.39 Å². The van der Waals surface area contributed by atoms with E-state index in [0.717, 1.165) is 15.9 Å². The lowest BCUT2D eigenvalue weighted by molar-refractivity contribution is 0.627. The van der Waals surface area contributed by atoms with Gasteiger partial charge in [0.05, 0.1) is 24.3 Å². The normalized spacial score (nSPS) is 14.8. The molecule has 0 atom stereocenters. The standard InChI is InChI=1S/C13H13BrFN3/c14-12-4-1-9(15)5-13(12)17-7-11-6-16-8-18(11)10-2-3-10/h1,4-6,8,10,17H,2-3,7H2. The van der Waals surface area contributed by atoms with Gasteiger partial charge in [-0.05, 0) is 47.0 Å². The third-order valence-electron chi connectivity index (χ3n) is 3.07. The second-order valence-corrected chi connectivity index (χ2v) is 5.36. The van der Waals surface area contributed by atoms with Crippen LogP contribution in [0.1, 0.15) is 24.6 Å². The van der Waals surface area contributed by atoms with Gasteiger partial charge in [0.1, 0.15) is 5.82 Å². The van der Waals surface area contributed by atoms with Crippen molar-refractivity contribution in [3.63, 3.8) is 0 Å². The molecule has 2 aromatic rings. The summed E-state index contributed by atoms with van der Waals surface area (Å²) >= 11 is 3.40. The Morgan fingerprint density at radius 1 is 1.44 bits per heavy atom. The maximum absolute atomic E-state index is 13.2. The van der Waals surface area contributed by atoms with Crippen LogP contribution in [0.2, 0.25) is 0 Å². The summed E-state index contributed by atoms with van der Waals surface area (Å²) in [7, 11) is 0. The molecule has 1 saturated carbocycles. The van der Waals surface area contributed by atoms with Gasteiger partial charge in [-0.25, -0.2) is 9.37 Å². The molecule has 0 unspecified atom stereocenters. The van der Waals surface area contributed by atoms with Crippen LogP contribution in [0.15, 0.2) is 35.2 Å². The fraction of sp³-hybridized carbons (Fsp3) is 0.308. The van der Waals surface area contributed by atoms with Crippen molar-refractivity contribution >= 4 is 21.6 Å². The predicted molar refractivity (Wildman–Crippen MR) is 71.9 cm³/mol. The minimum absolute atomic E-state index is 0.239. The molecular weight excluding hydrogens is 297 g/mol. The maximum Gasteiger partial charge on any atom is 0.125 e. The van der Waals surface area contributed by atoms with Gasteiger partial charge in [0.2, 0.25) is 0 Å². The molecule has 1 fully saturated rings. The van der Waals surface area contributed by atoms with E-state index in [1.165, 1.54) is 25.0 Å². The molecular formula is C13H13BrFN3. The summed E-state index contributed by atoms with van der Waals surface area (Å²) in [6.07, 6.45) is 6.19. The number of hydrogen-bond donors (Lipinski definition) is 1. The van der Waals surface area contributed by atoms with Gasteiger partial charge >= 0.3 is 0 Å². The minimum Gasteiger partial charge on any atom is -0.378 e. The number of aromatic nitrogens is 2. The van der Waals surface area contributed by atoms with Gasteiger partial charge in [-0.15, -0.1) is 0 Å². The van der Waals surface area contributed by atoms with E-state index in [1.807, 2.05) is 12.5 Å². The summed E-state index contributed by atoms with van der Waals surface area (Å²) in [5.74, 6) is -0.239. The molecule has 1 N–H and O–H groups in total. The summed E-state index contributed by atoms with van der Waals surface area (Å²) in [6, 6.07) is 5.24. The average molecular weight is 310 g/mol. The summed E-state index contributed by atoms with van der Waals surface area (Å²) < 4.78 is 16.2. The molecule has 1 heterocycles. The Balaban J connectivity index is 1.73. The summed E-state index contributed by atoms with van der Waals surface area (Å²) in [6.45, 7) is 0.651. The molecule has 1 aromatic heterocycles. The van der Waals surface area contributed by atoms with Crippen molar-refractivity contribution in [2.24, 2.45) is 0 Å². The average Bonchev–Trinajstić information content (AvgIpc) is 3.10. The molecule has 1 aliphatic carbocycles. The molecule has 18 heavy (non-hydrogen) atoms. The summed E-state index contributed by atoms with van der Waals surface area (Å²) in [5.41, 5.74) is 1.90. The summed E-state index contributed by atoms with van der Waals surface area (Å²) in [4.78, 5) is 4.17. The number of benzene rings is 1. The molecule has 0 saturated heterocycles. The lowest BCUT2D eigenvalue weighted by Crippen LogP contribution is -2.06. The van der Waals surface area contributed by atoms with Crippen LogP contribution in [0.25, 0.3) is 0 Å². The monoisotopic (exact) mass is 309 g/mol. The molecule has 5 heteroatoms. The Bertz CT molecular complexity index is 563. The highest BCUT2D eigenvalue weighted by Gasteiger charge is 2.24. The van der Waals surface area contributed by atoms with Crippen LogP contribution in [-0.2, 0) is 6.54 Å². The van der Waals surface area contributed by atoms with Gasteiger partial charge < -0.3 is 9.88 Å². The highest BCUT2D eigenvalue weighted by atomic mass is 79.9. The second kappa shape index (κ2) is 4.72. The fourth-order valence-corrected chi connectivity index (χ4v) is 2.36. The first-order chi connectivity index (χ1) is 8.74. The molecule has 0 amide bonds. The van der Waals surface area contributed by atoms with Gasteiger partial charge in [0, 0.05) is 16.7 Å². The first kappa shape index (κ1) is 11.7. The number of imidazole rings is 1. The van der Waals surface area contributed by atoms with Crippen LogP contribution < -0.4 is 5.32 Å². The highest BCUT2D eigenvalue weighted by Crippen LogP contribution is 2.35. The quantitative estimate of drug-likeness (QED) is 0.932. The van der Waals surface area contributed by atoms with Gasteiger partial charge in [-0.3, -0.25) is 0 Å². The first-order valence-electron chi connectivity index (χ1n) is 5.93. The lowest BCUT2D eigenvalue weighted by atomic mass is 10.3. The van der Waals surface area contributed by atoms with E-state index in [0.29, 0.717) is 12.6 Å². The zero-order valence-electron chi connectivity index (χ0n) is 9.74. The minimum atomic E-state index is -0.239. The molecule has 94 valence electrons. The van der Waals surface area contributed by atoms with E-state index >= 15 is 0 Å². The number of nitrogens with one attached hydrogen (secondary N) is 1. The van der Waals surface area contributed by atoms with Crippen molar-refractivity contribution in [1.82, 2.24) is 9.55 Å². The van der Waals surface area contributed by atoms with Crippen molar-refractivity contribution in [1.29, 1.82) is 0 Å². The van der Waals surface area contributed by atoms with Gasteiger partial charge in [-0.2, -0.15) is 0 Å². The maximum atomic E-state index is 13.2. The number of nitrogens with zero attached hydrogens (tertiary/aromatic N) is 2. The smallest absolute Gasteiger partial charge is 0.125 e. The van der Waals surface area contributed by atoms with E-state index in [4.69, 9.17) is 0 Å². The van der Waals surface area contributed by atoms with Crippen LogP contribution in [0, 0.1) is 5.82 Å². The zero-order chi connectivity index (χ0) is 12.5. The number of anilines is 1. The van der Waals surface area contributed by atoms with Crippen LogP contribution in [0.3, 0.4) is 0 Å². The van der Waals surface area contributed by atoms with E-state index in [2.05, 4.69) is 30.8 Å². The number of rotatable bonds is 4. The van der Waals surface area contributed by atoms with Gasteiger partial charge in [-0.1, -0.05) is 0 Å². The Morgan fingerprint density at radius 2 is 2.28 bits per heavy atom. The number of halogens is 2. The van der Waals surface area contributed by atoms with Crippen LogP contribution in [-0.4, -0.2) is 9.55 Å². The number of hydrogen-bond acceptors (Lipinski definition) is 2. The molecule has 0 spiro atoms. The van der Waals surface area contributed by atoms with E-state index in [9.17, 15) is 4.39 Å². The van der Waals surface area contributed by atoms with Crippen molar-refractivity contribution in [3.8, 4) is 0 Å². The Labute approximate surface area is 113 Å². The molecule has 3 rings (SSSR count). The van der Waals surface area contributed by atoms with Crippen LogP contribution in [0.5, 0.6) is 0 Å². The van der Waals surface area contributed by atoms with Crippen molar-refractivity contribution in [2.75, 3.05) is 5.32 Å². The Hall–Kier alpha value is -1.36. The summed E-state index contributed by atoms with van der Waals surface area (Å²) in [5, 5.41) is 3.23. The Morgan fingerprint density at radius 3 is 3.06 bits per heavy atom. The van der Waals surface area contributed by atoms with Crippen molar-refractivity contribution in [2.45, 2.75) is 25.4 Å². The molecule has 0 bridgehead atoms. The largest absolute Gasteiger partial charge is 0.378 e. The van der Waals surface area contributed by atoms with Crippen LogP contribution in [0.4, 0.5) is 10.1 Å².